The van der Waals surface area contributed by atoms with Crippen LogP contribution in [0.4, 0.5) is 0 Å². The van der Waals surface area contributed by atoms with E-state index in [-0.39, 0.29) is 5.11 Å². The molecule has 0 bridgehead atoms. The monoisotopic (exact) mass is 130 g/mol. The second-order valence-electron chi connectivity index (χ2n) is 1.54. The summed E-state index contributed by atoms with van der Waals surface area (Å²) >= 11 is 4.53. The normalized spacial score (nSPS) is 11.5. The average molecular weight is 130 g/mol. The number of hydrogen-bond acceptors (Lipinski definition) is 1. The summed E-state index contributed by atoms with van der Waals surface area (Å²) in [5.74, 6) is 0. The minimum Gasteiger partial charge on any atom is -0.374 e. The fourth-order valence-corrected chi connectivity index (χ4v) is 0.423. The van der Waals surface area contributed by atoms with E-state index >= 15 is 0 Å². The topological polar surface area (TPSA) is 38.4 Å². The van der Waals surface area contributed by atoms with Crippen molar-refractivity contribution in [1.29, 1.82) is 0 Å². The van der Waals surface area contributed by atoms with Gasteiger partial charge in [-0.3, -0.25) is 0 Å². The summed E-state index contributed by atoms with van der Waals surface area (Å²) in [6.45, 7) is 3.91. The van der Waals surface area contributed by atoms with E-state index in [1.165, 1.54) is 0 Å². The van der Waals surface area contributed by atoms with Crippen LogP contribution in [0.3, 0.4) is 0 Å². The first-order valence-corrected chi connectivity index (χ1v) is 2.91. The third-order valence-corrected chi connectivity index (χ3v) is 0.904. The van der Waals surface area contributed by atoms with Crippen LogP contribution < -0.4 is 5.73 Å². The molecule has 0 amide bonds. The molecule has 0 fully saturated rings. The van der Waals surface area contributed by atoms with Crippen LogP contribution in [0.5, 0.6) is 0 Å². The maximum absolute atomic E-state index is 5.11. The SMILES string of the molecule is CCC(C)=NC(N)=S. The molecule has 0 radical (unpaired) electrons. The number of aliphatic imine (C=N–C) groups is 1. The molecule has 0 atom stereocenters. The lowest BCUT2D eigenvalue weighted by Crippen LogP contribution is -2.06. The van der Waals surface area contributed by atoms with E-state index in [2.05, 4.69) is 17.2 Å². The number of nitrogens with two attached hydrogens (primary N) is 1. The molecule has 0 aliphatic rings. The van der Waals surface area contributed by atoms with E-state index in [0.29, 0.717) is 0 Å². The molecular weight excluding hydrogens is 120 g/mol. The van der Waals surface area contributed by atoms with Gasteiger partial charge in [-0.05, 0) is 25.6 Å². The van der Waals surface area contributed by atoms with Gasteiger partial charge in [-0.15, -0.1) is 0 Å². The van der Waals surface area contributed by atoms with Gasteiger partial charge in [-0.25, -0.2) is 4.99 Å². The van der Waals surface area contributed by atoms with Gasteiger partial charge in [-0.2, -0.15) is 0 Å². The van der Waals surface area contributed by atoms with Crippen LogP contribution in [0.1, 0.15) is 20.3 Å². The molecule has 0 saturated carbocycles. The van der Waals surface area contributed by atoms with Gasteiger partial charge >= 0.3 is 0 Å². The maximum atomic E-state index is 5.11. The Balaban J connectivity index is 3.75. The molecule has 0 rings (SSSR count). The quantitative estimate of drug-likeness (QED) is 0.426. The van der Waals surface area contributed by atoms with Gasteiger partial charge in [0.25, 0.3) is 0 Å². The molecular formula is C5H10N2S. The Bertz CT molecular complexity index is 118. The van der Waals surface area contributed by atoms with Crippen molar-refractivity contribution in [2.75, 3.05) is 0 Å². The lowest BCUT2D eigenvalue weighted by Gasteiger charge is -1.89. The van der Waals surface area contributed by atoms with Crippen molar-refractivity contribution in [3.8, 4) is 0 Å². The summed E-state index contributed by atoms with van der Waals surface area (Å²) in [4.78, 5) is 3.82. The zero-order valence-electron chi connectivity index (χ0n) is 5.14. The molecule has 0 spiro atoms. The van der Waals surface area contributed by atoms with Gasteiger partial charge in [0, 0.05) is 5.71 Å². The van der Waals surface area contributed by atoms with Gasteiger partial charge in [0.15, 0.2) is 5.11 Å². The van der Waals surface area contributed by atoms with Crippen LogP contribution in [-0.2, 0) is 0 Å². The van der Waals surface area contributed by atoms with Crippen molar-refractivity contribution < 1.29 is 0 Å². The number of rotatable bonds is 1. The average Bonchev–Trinajstić information content (AvgIpc) is 1.65. The minimum absolute atomic E-state index is 0.226. The number of thiocarbonyl (C=S) groups is 1. The van der Waals surface area contributed by atoms with Crippen molar-refractivity contribution >= 4 is 23.0 Å². The Morgan fingerprint density at radius 3 is 2.38 bits per heavy atom. The highest BCUT2D eigenvalue weighted by Gasteiger charge is 1.83. The second kappa shape index (κ2) is 3.55. The van der Waals surface area contributed by atoms with Crippen molar-refractivity contribution in [2.24, 2.45) is 10.7 Å². The summed E-state index contributed by atoms with van der Waals surface area (Å²) in [6.07, 6.45) is 0.914. The molecule has 3 heteroatoms. The molecule has 2 nitrogen and oxygen atoms in total. The van der Waals surface area contributed by atoms with E-state index in [9.17, 15) is 0 Å². The lowest BCUT2D eigenvalue weighted by atomic mass is 10.3. The first-order chi connectivity index (χ1) is 3.66. The van der Waals surface area contributed by atoms with Gasteiger partial charge in [0.1, 0.15) is 0 Å². The van der Waals surface area contributed by atoms with E-state index in [0.717, 1.165) is 12.1 Å². The van der Waals surface area contributed by atoms with Crippen molar-refractivity contribution in [2.45, 2.75) is 20.3 Å². The zero-order valence-corrected chi connectivity index (χ0v) is 5.96. The molecule has 0 aliphatic heterocycles. The molecule has 0 aliphatic carbocycles. The Labute approximate surface area is 54.8 Å². The summed E-state index contributed by atoms with van der Waals surface area (Å²) in [7, 11) is 0. The van der Waals surface area contributed by atoms with Crippen LogP contribution in [0.15, 0.2) is 4.99 Å². The smallest absolute Gasteiger partial charge is 0.189 e. The van der Waals surface area contributed by atoms with Crippen LogP contribution in [0.2, 0.25) is 0 Å². The standard InChI is InChI=1S/C5H10N2S/c1-3-4(2)7-5(6)8/h3H2,1-2H3,(H2,6,8). The Kier molecular flexibility index (Phi) is 3.35. The zero-order chi connectivity index (χ0) is 6.57. The van der Waals surface area contributed by atoms with Crippen molar-refractivity contribution in [3.05, 3.63) is 0 Å². The molecule has 0 aromatic carbocycles. The van der Waals surface area contributed by atoms with Crippen molar-refractivity contribution in [3.63, 3.8) is 0 Å². The van der Waals surface area contributed by atoms with E-state index in [1.807, 2.05) is 13.8 Å². The predicted octanol–water partition coefficient (Wildman–Crippen LogP) is 1.10. The molecule has 0 heterocycles. The predicted molar refractivity (Wildman–Crippen MR) is 40.2 cm³/mol. The third kappa shape index (κ3) is 3.74. The molecule has 8 heavy (non-hydrogen) atoms. The molecule has 0 aromatic rings. The largest absolute Gasteiger partial charge is 0.374 e. The summed E-state index contributed by atoms with van der Waals surface area (Å²) < 4.78 is 0. The fraction of sp³-hybridized carbons (Fsp3) is 0.600. The Morgan fingerprint density at radius 2 is 2.25 bits per heavy atom. The minimum atomic E-state index is 0.226. The van der Waals surface area contributed by atoms with Gasteiger partial charge in [-0.1, -0.05) is 6.92 Å². The molecule has 2 N–H and O–H groups in total. The Hall–Kier alpha value is -0.440. The molecule has 46 valence electrons. The van der Waals surface area contributed by atoms with Gasteiger partial charge < -0.3 is 5.73 Å². The first kappa shape index (κ1) is 7.56. The Morgan fingerprint density at radius 1 is 1.75 bits per heavy atom. The van der Waals surface area contributed by atoms with Crippen LogP contribution in [0.25, 0.3) is 0 Å². The van der Waals surface area contributed by atoms with E-state index in [4.69, 9.17) is 5.73 Å². The van der Waals surface area contributed by atoms with E-state index < -0.39 is 0 Å². The fourth-order valence-electron chi connectivity index (χ4n) is 0.267. The maximum Gasteiger partial charge on any atom is 0.189 e. The first-order valence-electron chi connectivity index (χ1n) is 2.50. The van der Waals surface area contributed by atoms with Gasteiger partial charge in [0.2, 0.25) is 0 Å². The van der Waals surface area contributed by atoms with Crippen LogP contribution in [0, 0.1) is 0 Å². The summed E-state index contributed by atoms with van der Waals surface area (Å²) in [5, 5.41) is 0.226. The van der Waals surface area contributed by atoms with Crippen molar-refractivity contribution in [1.82, 2.24) is 0 Å². The second-order valence-corrected chi connectivity index (χ2v) is 1.96. The van der Waals surface area contributed by atoms with E-state index in [1.54, 1.807) is 0 Å². The van der Waals surface area contributed by atoms with Crippen LogP contribution in [-0.4, -0.2) is 10.8 Å². The van der Waals surface area contributed by atoms with Crippen LogP contribution >= 0.6 is 12.2 Å². The third-order valence-electron chi connectivity index (χ3n) is 0.813. The summed E-state index contributed by atoms with van der Waals surface area (Å²) in [6, 6.07) is 0. The lowest BCUT2D eigenvalue weighted by molar-refractivity contribution is 1.26. The highest BCUT2D eigenvalue weighted by Crippen LogP contribution is 1.82. The molecule has 0 aromatic heterocycles. The highest BCUT2D eigenvalue weighted by molar-refractivity contribution is 7.80. The number of hydrogen-bond donors (Lipinski definition) is 1. The highest BCUT2D eigenvalue weighted by atomic mass is 32.1. The van der Waals surface area contributed by atoms with Gasteiger partial charge in [0.05, 0.1) is 0 Å². The molecule has 0 saturated heterocycles. The summed E-state index contributed by atoms with van der Waals surface area (Å²) in [5.41, 5.74) is 6.10. The molecule has 0 unspecified atom stereocenters. The number of nitrogens with zero attached hydrogens (tertiary/aromatic N) is 1.